The van der Waals surface area contributed by atoms with E-state index in [-0.39, 0.29) is 6.10 Å². The smallest absolute Gasteiger partial charge is 0.0620 e. The molecule has 0 heterocycles. The topological polar surface area (TPSA) is 40.5 Å². The van der Waals surface area contributed by atoms with Crippen molar-refractivity contribution in [3.8, 4) is 0 Å². The molecule has 2 nitrogen and oxygen atoms in total. The van der Waals surface area contributed by atoms with Gasteiger partial charge < -0.3 is 10.2 Å². The van der Waals surface area contributed by atoms with Crippen molar-refractivity contribution in [3.05, 3.63) is 0 Å². The molecular weight excluding hydrogens is 140 g/mol. The SMILES string of the molecule is CC(O)C1CCC(C)(O)CC1. The summed E-state index contributed by atoms with van der Waals surface area (Å²) in [5, 5.41) is 18.9. The molecule has 0 aromatic carbocycles. The predicted octanol–water partition coefficient (Wildman–Crippen LogP) is 1.31. The number of aliphatic hydroxyl groups is 2. The summed E-state index contributed by atoms with van der Waals surface area (Å²) >= 11 is 0. The molecule has 0 aromatic heterocycles. The zero-order valence-corrected chi connectivity index (χ0v) is 7.38. The van der Waals surface area contributed by atoms with Crippen LogP contribution in [0.3, 0.4) is 0 Å². The van der Waals surface area contributed by atoms with E-state index < -0.39 is 5.60 Å². The first-order valence-corrected chi connectivity index (χ1v) is 4.42. The molecule has 0 aliphatic heterocycles. The molecule has 1 atom stereocenters. The molecule has 1 aliphatic rings. The van der Waals surface area contributed by atoms with Crippen LogP contribution < -0.4 is 0 Å². The Hall–Kier alpha value is -0.0800. The van der Waals surface area contributed by atoms with Crippen molar-refractivity contribution in [1.29, 1.82) is 0 Å². The molecule has 2 N–H and O–H groups in total. The molecule has 0 saturated heterocycles. The summed E-state index contributed by atoms with van der Waals surface area (Å²) in [5.74, 6) is 0.412. The first kappa shape index (κ1) is 9.01. The van der Waals surface area contributed by atoms with E-state index in [9.17, 15) is 10.2 Å². The van der Waals surface area contributed by atoms with Crippen LogP contribution in [0, 0.1) is 5.92 Å². The molecule has 0 amide bonds. The van der Waals surface area contributed by atoms with E-state index in [2.05, 4.69) is 0 Å². The van der Waals surface area contributed by atoms with Gasteiger partial charge in [-0.15, -0.1) is 0 Å². The lowest BCUT2D eigenvalue weighted by molar-refractivity contribution is -0.0146. The lowest BCUT2D eigenvalue weighted by Gasteiger charge is -2.34. The van der Waals surface area contributed by atoms with Gasteiger partial charge in [-0.25, -0.2) is 0 Å². The Balaban J connectivity index is 2.36. The van der Waals surface area contributed by atoms with E-state index in [1.54, 1.807) is 0 Å². The van der Waals surface area contributed by atoms with Gasteiger partial charge in [0.2, 0.25) is 0 Å². The van der Waals surface area contributed by atoms with Gasteiger partial charge >= 0.3 is 0 Å². The quantitative estimate of drug-likeness (QED) is 0.604. The summed E-state index contributed by atoms with van der Waals surface area (Å²) in [7, 11) is 0. The molecule has 66 valence electrons. The lowest BCUT2D eigenvalue weighted by atomic mass is 9.78. The third-order valence-corrected chi connectivity index (χ3v) is 2.79. The summed E-state index contributed by atoms with van der Waals surface area (Å²) in [6, 6.07) is 0. The molecule has 0 spiro atoms. The second kappa shape index (κ2) is 3.11. The van der Waals surface area contributed by atoms with E-state index in [0.717, 1.165) is 25.7 Å². The van der Waals surface area contributed by atoms with Crippen molar-refractivity contribution < 1.29 is 10.2 Å². The molecule has 0 bridgehead atoms. The largest absolute Gasteiger partial charge is 0.393 e. The normalized spacial score (nSPS) is 42.0. The average Bonchev–Trinajstić information content (AvgIpc) is 1.86. The second-order valence-corrected chi connectivity index (χ2v) is 4.07. The maximum Gasteiger partial charge on any atom is 0.0620 e. The standard InChI is InChI=1S/C9H18O2/c1-7(10)8-3-5-9(2,11)6-4-8/h7-8,10-11H,3-6H2,1-2H3. The van der Waals surface area contributed by atoms with Gasteiger partial charge in [0.1, 0.15) is 0 Å². The third kappa shape index (κ3) is 2.46. The number of hydrogen-bond acceptors (Lipinski definition) is 2. The predicted molar refractivity (Wildman–Crippen MR) is 44.3 cm³/mol. The minimum Gasteiger partial charge on any atom is -0.393 e. The fraction of sp³-hybridized carbons (Fsp3) is 1.00. The van der Waals surface area contributed by atoms with Crippen LogP contribution >= 0.6 is 0 Å². The Bertz CT molecular complexity index is 120. The first-order valence-electron chi connectivity index (χ1n) is 4.42. The lowest BCUT2D eigenvalue weighted by Crippen LogP contribution is -2.33. The minimum absolute atomic E-state index is 0.203. The molecule has 1 fully saturated rings. The van der Waals surface area contributed by atoms with Crippen molar-refractivity contribution in [1.82, 2.24) is 0 Å². The van der Waals surface area contributed by atoms with Gasteiger partial charge in [-0.1, -0.05) is 0 Å². The fourth-order valence-corrected chi connectivity index (χ4v) is 1.74. The molecule has 11 heavy (non-hydrogen) atoms. The molecular formula is C9H18O2. The molecule has 2 heteroatoms. The van der Waals surface area contributed by atoms with Gasteiger partial charge in [-0.3, -0.25) is 0 Å². The van der Waals surface area contributed by atoms with Crippen LogP contribution in [0.4, 0.5) is 0 Å². The summed E-state index contributed by atoms with van der Waals surface area (Å²) in [5.41, 5.74) is -0.467. The Morgan fingerprint density at radius 1 is 1.36 bits per heavy atom. The van der Waals surface area contributed by atoms with Crippen molar-refractivity contribution >= 4 is 0 Å². The van der Waals surface area contributed by atoms with Gasteiger partial charge in [0.15, 0.2) is 0 Å². The molecule has 0 aromatic rings. The van der Waals surface area contributed by atoms with Gasteiger partial charge in [-0.05, 0) is 45.4 Å². The van der Waals surface area contributed by atoms with Crippen molar-refractivity contribution in [3.63, 3.8) is 0 Å². The van der Waals surface area contributed by atoms with Crippen LogP contribution in [-0.4, -0.2) is 21.9 Å². The van der Waals surface area contributed by atoms with E-state index in [0.29, 0.717) is 5.92 Å². The molecule has 0 radical (unpaired) electrons. The first-order chi connectivity index (χ1) is 5.01. The van der Waals surface area contributed by atoms with Crippen molar-refractivity contribution in [2.75, 3.05) is 0 Å². The highest BCUT2D eigenvalue weighted by Gasteiger charge is 2.30. The van der Waals surface area contributed by atoms with E-state index >= 15 is 0 Å². The highest BCUT2D eigenvalue weighted by atomic mass is 16.3. The van der Waals surface area contributed by atoms with Crippen LogP contribution in [0.2, 0.25) is 0 Å². The summed E-state index contributed by atoms with van der Waals surface area (Å²) < 4.78 is 0. The van der Waals surface area contributed by atoms with E-state index in [1.165, 1.54) is 0 Å². The van der Waals surface area contributed by atoms with Crippen molar-refractivity contribution in [2.45, 2.75) is 51.2 Å². The Labute approximate surface area is 68.2 Å². The highest BCUT2D eigenvalue weighted by Crippen LogP contribution is 2.33. The molecule has 1 saturated carbocycles. The average molecular weight is 158 g/mol. The minimum atomic E-state index is -0.467. The number of hydrogen-bond donors (Lipinski definition) is 2. The molecule has 1 unspecified atom stereocenters. The zero-order chi connectivity index (χ0) is 8.48. The monoisotopic (exact) mass is 158 g/mol. The fourth-order valence-electron chi connectivity index (χ4n) is 1.74. The second-order valence-electron chi connectivity index (χ2n) is 4.07. The van der Waals surface area contributed by atoms with Gasteiger partial charge in [0, 0.05) is 0 Å². The summed E-state index contributed by atoms with van der Waals surface area (Å²) in [6.45, 7) is 3.72. The number of rotatable bonds is 1. The van der Waals surface area contributed by atoms with E-state index in [4.69, 9.17) is 0 Å². The van der Waals surface area contributed by atoms with Crippen LogP contribution in [0.1, 0.15) is 39.5 Å². The van der Waals surface area contributed by atoms with E-state index in [1.807, 2.05) is 13.8 Å². The molecule has 1 rings (SSSR count). The van der Waals surface area contributed by atoms with Crippen LogP contribution in [-0.2, 0) is 0 Å². The van der Waals surface area contributed by atoms with Crippen LogP contribution in [0.15, 0.2) is 0 Å². The molecule has 1 aliphatic carbocycles. The third-order valence-electron chi connectivity index (χ3n) is 2.79. The maximum atomic E-state index is 9.59. The Kier molecular flexibility index (Phi) is 2.55. The maximum absolute atomic E-state index is 9.59. The number of aliphatic hydroxyl groups excluding tert-OH is 1. The van der Waals surface area contributed by atoms with Gasteiger partial charge in [-0.2, -0.15) is 0 Å². The van der Waals surface area contributed by atoms with Gasteiger partial charge in [0.25, 0.3) is 0 Å². The van der Waals surface area contributed by atoms with Gasteiger partial charge in [0.05, 0.1) is 11.7 Å². The van der Waals surface area contributed by atoms with Crippen LogP contribution in [0.5, 0.6) is 0 Å². The van der Waals surface area contributed by atoms with Crippen molar-refractivity contribution in [2.24, 2.45) is 5.92 Å². The highest BCUT2D eigenvalue weighted by molar-refractivity contribution is 4.82. The van der Waals surface area contributed by atoms with Crippen LogP contribution in [0.25, 0.3) is 0 Å². The Morgan fingerprint density at radius 3 is 2.18 bits per heavy atom. The summed E-state index contributed by atoms with van der Waals surface area (Å²) in [6.07, 6.45) is 3.39. The Morgan fingerprint density at radius 2 is 1.82 bits per heavy atom. The zero-order valence-electron chi connectivity index (χ0n) is 7.38. The summed E-state index contributed by atoms with van der Waals surface area (Å²) in [4.78, 5) is 0.